The number of nitrogens with zero attached hydrogens (tertiary/aromatic N) is 3. The van der Waals surface area contributed by atoms with Crippen LogP contribution in [0.2, 0.25) is 0 Å². The van der Waals surface area contributed by atoms with Gasteiger partial charge in [-0.1, -0.05) is 19.3 Å². The standard InChI is InChI=1S/C24H41N3O2/c28-23(27-14-12-26(13-15-27)21-4-2-1-3-5-21)20-18-24(19-20)8-10-25(11-9-24)22-6-16-29-17-7-22/h20-22H,1-19H2. The molecule has 0 bridgehead atoms. The molecule has 0 N–H and O–H groups in total. The van der Waals surface area contributed by atoms with Crippen LogP contribution in [0.1, 0.15) is 70.6 Å². The summed E-state index contributed by atoms with van der Waals surface area (Å²) in [7, 11) is 0. The van der Waals surface area contributed by atoms with Crippen LogP contribution in [0.4, 0.5) is 0 Å². The minimum absolute atomic E-state index is 0.325. The van der Waals surface area contributed by atoms with Crippen molar-refractivity contribution >= 4 is 5.91 Å². The van der Waals surface area contributed by atoms with Crippen LogP contribution in [0.5, 0.6) is 0 Å². The number of ether oxygens (including phenoxy) is 1. The predicted molar refractivity (Wildman–Crippen MR) is 115 cm³/mol. The summed E-state index contributed by atoms with van der Waals surface area (Å²) in [6.45, 7) is 8.51. The Morgan fingerprint density at radius 3 is 1.97 bits per heavy atom. The first-order valence-electron chi connectivity index (χ1n) is 12.6. The Morgan fingerprint density at radius 2 is 1.31 bits per heavy atom. The van der Waals surface area contributed by atoms with Gasteiger partial charge in [0, 0.05) is 57.4 Å². The van der Waals surface area contributed by atoms with Crippen LogP contribution in [-0.4, -0.2) is 85.2 Å². The molecule has 3 saturated heterocycles. The van der Waals surface area contributed by atoms with Crippen molar-refractivity contribution in [3.8, 4) is 0 Å². The van der Waals surface area contributed by atoms with Crippen molar-refractivity contribution in [3.05, 3.63) is 0 Å². The highest BCUT2D eigenvalue weighted by molar-refractivity contribution is 5.80. The van der Waals surface area contributed by atoms with Crippen LogP contribution in [0.25, 0.3) is 0 Å². The fourth-order valence-electron chi connectivity index (χ4n) is 6.99. The fraction of sp³-hybridized carbons (Fsp3) is 0.958. The minimum Gasteiger partial charge on any atom is -0.381 e. The molecule has 2 aliphatic carbocycles. The molecular formula is C24H41N3O2. The second-order valence-corrected chi connectivity index (χ2v) is 10.6. The third-order valence-electron chi connectivity index (χ3n) is 8.99. The molecule has 0 radical (unpaired) electrons. The number of piperidine rings is 1. The number of likely N-dealkylation sites (tertiary alicyclic amines) is 1. The number of carbonyl (C=O) groups is 1. The SMILES string of the molecule is O=C(C1CC2(CCN(C3CCOCC3)CC2)C1)N1CCN(C2CCCCC2)CC1. The number of hydrogen-bond acceptors (Lipinski definition) is 4. The van der Waals surface area contributed by atoms with Crippen LogP contribution in [-0.2, 0) is 9.53 Å². The number of amides is 1. The lowest BCUT2D eigenvalue weighted by atomic mass is 9.57. The molecular weight excluding hydrogens is 362 g/mol. The predicted octanol–water partition coefficient (Wildman–Crippen LogP) is 3.13. The van der Waals surface area contributed by atoms with E-state index in [0.717, 1.165) is 64.3 Å². The van der Waals surface area contributed by atoms with Gasteiger partial charge in [-0.2, -0.15) is 0 Å². The van der Waals surface area contributed by atoms with Crippen molar-refractivity contribution in [3.63, 3.8) is 0 Å². The van der Waals surface area contributed by atoms with E-state index in [9.17, 15) is 4.79 Å². The van der Waals surface area contributed by atoms with Crippen molar-refractivity contribution in [1.29, 1.82) is 0 Å². The van der Waals surface area contributed by atoms with Crippen LogP contribution in [0.15, 0.2) is 0 Å². The Kier molecular flexibility index (Phi) is 6.18. The van der Waals surface area contributed by atoms with Gasteiger partial charge in [0.1, 0.15) is 0 Å². The summed E-state index contributed by atoms with van der Waals surface area (Å²) in [4.78, 5) is 20.7. The maximum absolute atomic E-state index is 13.1. The zero-order valence-electron chi connectivity index (χ0n) is 18.3. The topological polar surface area (TPSA) is 36.0 Å². The van der Waals surface area contributed by atoms with Crippen LogP contribution >= 0.6 is 0 Å². The quantitative estimate of drug-likeness (QED) is 0.725. The molecule has 3 aliphatic heterocycles. The molecule has 5 rings (SSSR count). The molecule has 0 atom stereocenters. The van der Waals surface area contributed by atoms with Gasteiger partial charge >= 0.3 is 0 Å². The van der Waals surface area contributed by atoms with Gasteiger partial charge in [-0.3, -0.25) is 9.69 Å². The van der Waals surface area contributed by atoms with E-state index in [-0.39, 0.29) is 0 Å². The number of carbonyl (C=O) groups excluding carboxylic acids is 1. The third kappa shape index (κ3) is 4.38. The summed E-state index contributed by atoms with van der Waals surface area (Å²) in [5, 5.41) is 0. The van der Waals surface area contributed by atoms with Crippen molar-refractivity contribution in [1.82, 2.24) is 14.7 Å². The lowest BCUT2D eigenvalue weighted by Gasteiger charge is -2.54. The van der Waals surface area contributed by atoms with Gasteiger partial charge in [0.15, 0.2) is 0 Å². The Labute approximate surface area is 177 Å². The van der Waals surface area contributed by atoms with E-state index in [4.69, 9.17) is 4.74 Å². The second kappa shape index (κ2) is 8.84. The minimum atomic E-state index is 0.325. The monoisotopic (exact) mass is 403 g/mol. The molecule has 2 saturated carbocycles. The summed E-state index contributed by atoms with van der Waals surface area (Å²) in [6, 6.07) is 1.55. The van der Waals surface area contributed by atoms with Crippen molar-refractivity contribution in [2.75, 3.05) is 52.5 Å². The van der Waals surface area contributed by atoms with Crippen molar-refractivity contribution in [2.45, 2.75) is 82.7 Å². The smallest absolute Gasteiger partial charge is 0.225 e. The normalized spacial score (nSPS) is 31.1. The molecule has 0 aromatic rings. The largest absolute Gasteiger partial charge is 0.381 e. The lowest BCUT2D eigenvalue weighted by Crippen LogP contribution is -2.57. The van der Waals surface area contributed by atoms with Gasteiger partial charge < -0.3 is 14.5 Å². The average molecular weight is 404 g/mol. The van der Waals surface area contributed by atoms with Crippen molar-refractivity contribution < 1.29 is 9.53 Å². The molecule has 0 aromatic heterocycles. The second-order valence-electron chi connectivity index (χ2n) is 10.6. The fourth-order valence-corrected chi connectivity index (χ4v) is 6.99. The molecule has 3 heterocycles. The first-order valence-corrected chi connectivity index (χ1v) is 12.6. The molecule has 0 unspecified atom stereocenters. The molecule has 164 valence electrons. The van der Waals surface area contributed by atoms with Gasteiger partial charge in [-0.15, -0.1) is 0 Å². The lowest BCUT2D eigenvalue weighted by molar-refractivity contribution is -0.148. The summed E-state index contributed by atoms with van der Waals surface area (Å²) < 4.78 is 5.53. The summed E-state index contributed by atoms with van der Waals surface area (Å²) in [6.07, 6.45) is 14.3. The van der Waals surface area contributed by atoms with Crippen LogP contribution in [0.3, 0.4) is 0 Å². The first-order chi connectivity index (χ1) is 14.2. The summed E-state index contributed by atoms with van der Waals surface area (Å²) in [5.41, 5.74) is 0.492. The van der Waals surface area contributed by atoms with E-state index in [1.165, 1.54) is 70.9 Å². The highest BCUT2D eigenvalue weighted by Gasteiger charge is 2.50. The van der Waals surface area contributed by atoms with Gasteiger partial charge in [0.25, 0.3) is 0 Å². The van der Waals surface area contributed by atoms with E-state index in [1.54, 1.807) is 0 Å². The van der Waals surface area contributed by atoms with E-state index in [2.05, 4.69) is 14.7 Å². The van der Waals surface area contributed by atoms with Crippen molar-refractivity contribution in [2.24, 2.45) is 11.3 Å². The molecule has 5 heteroatoms. The van der Waals surface area contributed by atoms with E-state index < -0.39 is 0 Å². The van der Waals surface area contributed by atoms with E-state index >= 15 is 0 Å². The summed E-state index contributed by atoms with van der Waals surface area (Å²) in [5.74, 6) is 0.802. The van der Waals surface area contributed by atoms with Gasteiger partial charge in [-0.25, -0.2) is 0 Å². The number of piperazine rings is 1. The van der Waals surface area contributed by atoms with E-state index in [0.29, 0.717) is 17.2 Å². The molecule has 5 fully saturated rings. The molecule has 5 nitrogen and oxygen atoms in total. The highest BCUT2D eigenvalue weighted by Crippen LogP contribution is 2.53. The van der Waals surface area contributed by atoms with Gasteiger partial charge in [0.05, 0.1) is 0 Å². The Balaban J connectivity index is 1.05. The molecule has 29 heavy (non-hydrogen) atoms. The molecule has 5 aliphatic rings. The van der Waals surface area contributed by atoms with Gasteiger partial charge in [0.2, 0.25) is 5.91 Å². The third-order valence-corrected chi connectivity index (χ3v) is 8.99. The van der Waals surface area contributed by atoms with E-state index in [1.807, 2.05) is 0 Å². The van der Waals surface area contributed by atoms with Crippen LogP contribution in [0, 0.1) is 11.3 Å². The maximum Gasteiger partial charge on any atom is 0.225 e. The zero-order chi connectivity index (χ0) is 19.7. The molecule has 1 spiro atoms. The Morgan fingerprint density at radius 1 is 0.724 bits per heavy atom. The first kappa shape index (κ1) is 20.3. The average Bonchev–Trinajstić information content (AvgIpc) is 2.78. The van der Waals surface area contributed by atoms with Gasteiger partial charge in [-0.05, 0) is 69.9 Å². The number of rotatable bonds is 3. The zero-order valence-corrected chi connectivity index (χ0v) is 18.3. The van der Waals surface area contributed by atoms with Crippen LogP contribution < -0.4 is 0 Å². The summed E-state index contributed by atoms with van der Waals surface area (Å²) >= 11 is 0. The molecule has 1 amide bonds. The Bertz CT molecular complexity index is 546. The number of hydrogen-bond donors (Lipinski definition) is 0. The maximum atomic E-state index is 13.1. The molecule has 0 aromatic carbocycles. The Hall–Kier alpha value is -0.650. The highest BCUT2D eigenvalue weighted by atomic mass is 16.5.